The zero-order valence-electron chi connectivity index (χ0n) is 12.4. The number of carbonyl (C=O) groups is 2. The van der Waals surface area contributed by atoms with Crippen LogP contribution in [0.15, 0.2) is 48.5 Å². The van der Waals surface area contributed by atoms with Gasteiger partial charge in [0, 0.05) is 23.5 Å². The number of carbonyl (C=O) groups excluding carboxylic acids is 2. The van der Waals surface area contributed by atoms with Crippen molar-refractivity contribution in [3.63, 3.8) is 0 Å². The Balaban J connectivity index is 1.91. The lowest BCUT2D eigenvalue weighted by molar-refractivity contribution is -0.167. The minimum atomic E-state index is -4.94. The van der Waals surface area contributed by atoms with Crippen molar-refractivity contribution in [3.05, 3.63) is 59.7 Å². The molecule has 0 heterocycles. The van der Waals surface area contributed by atoms with Crippen molar-refractivity contribution in [1.29, 1.82) is 0 Å². The molecule has 2 aromatic rings. The van der Waals surface area contributed by atoms with Gasteiger partial charge in [-0.2, -0.15) is 13.2 Å². The van der Waals surface area contributed by atoms with E-state index in [-0.39, 0.29) is 18.1 Å². The Bertz CT molecular complexity index is 726. The van der Waals surface area contributed by atoms with E-state index >= 15 is 0 Å². The van der Waals surface area contributed by atoms with Crippen LogP contribution in [0, 0.1) is 0 Å². The smallest absolute Gasteiger partial charge is 0.399 e. The number of hydrogen-bond acceptors (Lipinski definition) is 3. The molecule has 2 rings (SSSR count). The van der Waals surface area contributed by atoms with Crippen molar-refractivity contribution in [2.24, 2.45) is 0 Å². The molecule has 0 spiro atoms. The maximum Gasteiger partial charge on any atom is 0.471 e. The molecule has 0 saturated carbocycles. The zero-order valence-corrected chi connectivity index (χ0v) is 12.4. The van der Waals surface area contributed by atoms with Gasteiger partial charge in [-0.3, -0.25) is 9.59 Å². The van der Waals surface area contributed by atoms with Crippen molar-refractivity contribution in [1.82, 2.24) is 5.32 Å². The monoisotopic (exact) mass is 337 g/mol. The first-order chi connectivity index (χ1) is 11.3. The lowest BCUT2D eigenvalue weighted by atomic mass is 10.1. The van der Waals surface area contributed by atoms with E-state index in [9.17, 15) is 22.8 Å². The summed E-state index contributed by atoms with van der Waals surface area (Å²) in [5, 5.41) is 4.41. The van der Waals surface area contributed by atoms with Gasteiger partial charge >= 0.3 is 12.1 Å². The highest BCUT2D eigenvalue weighted by molar-refractivity contribution is 5.95. The molecule has 0 bridgehead atoms. The fourth-order valence-corrected chi connectivity index (χ4v) is 1.83. The third-order valence-electron chi connectivity index (χ3n) is 3.10. The number of amides is 2. The predicted molar refractivity (Wildman–Crippen MR) is 83.2 cm³/mol. The van der Waals surface area contributed by atoms with Crippen molar-refractivity contribution in [3.8, 4) is 0 Å². The molecule has 0 unspecified atom stereocenters. The lowest BCUT2D eigenvalue weighted by Gasteiger charge is -2.09. The van der Waals surface area contributed by atoms with E-state index in [2.05, 4.69) is 5.32 Å². The molecule has 5 nitrogen and oxygen atoms in total. The van der Waals surface area contributed by atoms with Crippen molar-refractivity contribution in [2.45, 2.75) is 12.7 Å². The standard InChI is InChI=1S/C16H14F3N3O2/c17-16(18,19)15(24)22-13-7-1-10(2-8-13)9-21-14(23)11-3-5-12(20)6-4-11/h1-8H,9,20H2,(H,21,23)(H,22,24). The maximum absolute atomic E-state index is 12.1. The first-order valence-electron chi connectivity index (χ1n) is 6.86. The van der Waals surface area contributed by atoms with E-state index in [1.807, 2.05) is 0 Å². The number of halogens is 3. The van der Waals surface area contributed by atoms with Gasteiger partial charge in [0.2, 0.25) is 0 Å². The van der Waals surface area contributed by atoms with Gasteiger partial charge in [-0.05, 0) is 42.0 Å². The van der Waals surface area contributed by atoms with Gasteiger partial charge in [0.1, 0.15) is 0 Å². The van der Waals surface area contributed by atoms with Crippen molar-refractivity contribution >= 4 is 23.2 Å². The van der Waals surface area contributed by atoms with Crippen LogP contribution in [-0.4, -0.2) is 18.0 Å². The summed E-state index contributed by atoms with van der Waals surface area (Å²) in [6.45, 7) is 0.191. The van der Waals surface area contributed by atoms with Crippen LogP contribution >= 0.6 is 0 Å². The largest absolute Gasteiger partial charge is 0.471 e. The molecule has 0 aliphatic carbocycles. The second-order valence-electron chi connectivity index (χ2n) is 4.95. The minimum Gasteiger partial charge on any atom is -0.399 e. The first kappa shape index (κ1) is 17.3. The Morgan fingerprint density at radius 3 is 2.08 bits per heavy atom. The zero-order chi connectivity index (χ0) is 17.7. The molecule has 24 heavy (non-hydrogen) atoms. The summed E-state index contributed by atoms with van der Waals surface area (Å²) in [6, 6.07) is 12.0. The average molecular weight is 337 g/mol. The van der Waals surface area contributed by atoms with Gasteiger partial charge in [-0.25, -0.2) is 0 Å². The number of rotatable bonds is 4. The highest BCUT2D eigenvalue weighted by atomic mass is 19.4. The average Bonchev–Trinajstić information content (AvgIpc) is 2.53. The number of nitrogens with one attached hydrogen (secondary N) is 2. The second-order valence-corrected chi connectivity index (χ2v) is 4.95. The van der Waals surface area contributed by atoms with E-state index in [4.69, 9.17) is 5.73 Å². The molecule has 0 atom stereocenters. The fraction of sp³-hybridized carbons (Fsp3) is 0.125. The van der Waals surface area contributed by atoms with E-state index in [0.29, 0.717) is 16.8 Å². The van der Waals surface area contributed by atoms with Gasteiger partial charge in [0.15, 0.2) is 0 Å². The molecule has 0 saturated heterocycles. The predicted octanol–water partition coefficient (Wildman–Crippen LogP) is 2.70. The Kier molecular flexibility index (Phi) is 5.08. The van der Waals surface area contributed by atoms with Crippen LogP contribution in [0.4, 0.5) is 24.5 Å². The fourth-order valence-electron chi connectivity index (χ4n) is 1.83. The van der Waals surface area contributed by atoms with Gasteiger partial charge in [-0.15, -0.1) is 0 Å². The molecule has 0 radical (unpaired) electrons. The van der Waals surface area contributed by atoms with Crippen LogP contribution in [0.2, 0.25) is 0 Å². The third kappa shape index (κ3) is 4.73. The molecular formula is C16H14F3N3O2. The van der Waals surface area contributed by atoms with Crippen LogP contribution in [0.3, 0.4) is 0 Å². The van der Waals surface area contributed by atoms with E-state index in [1.165, 1.54) is 24.3 Å². The Morgan fingerprint density at radius 2 is 1.54 bits per heavy atom. The Hall–Kier alpha value is -3.03. The number of hydrogen-bond donors (Lipinski definition) is 3. The Labute approximate surface area is 135 Å². The number of alkyl halides is 3. The van der Waals surface area contributed by atoms with Crippen LogP contribution in [-0.2, 0) is 11.3 Å². The topological polar surface area (TPSA) is 84.2 Å². The molecular weight excluding hydrogens is 323 g/mol. The first-order valence-corrected chi connectivity index (χ1v) is 6.86. The van der Waals surface area contributed by atoms with Crippen LogP contribution in [0.1, 0.15) is 15.9 Å². The van der Waals surface area contributed by atoms with Gasteiger partial charge in [-0.1, -0.05) is 12.1 Å². The molecule has 2 aromatic carbocycles. The second kappa shape index (κ2) is 7.03. The SMILES string of the molecule is Nc1ccc(C(=O)NCc2ccc(NC(=O)C(F)(F)F)cc2)cc1. The van der Waals surface area contributed by atoms with E-state index in [0.717, 1.165) is 0 Å². The molecule has 0 aromatic heterocycles. The molecule has 0 aliphatic heterocycles. The van der Waals surface area contributed by atoms with E-state index < -0.39 is 12.1 Å². The molecule has 0 fully saturated rings. The minimum absolute atomic E-state index is 0.0194. The van der Waals surface area contributed by atoms with E-state index in [1.54, 1.807) is 29.6 Å². The Morgan fingerprint density at radius 1 is 0.958 bits per heavy atom. The lowest BCUT2D eigenvalue weighted by Crippen LogP contribution is -2.29. The normalized spacial score (nSPS) is 11.0. The highest BCUT2D eigenvalue weighted by Crippen LogP contribution is 2.18. The number of nitrogen functional groups attached to an aromatic ring is 1. The highest BCUT2D eigenvalue weighted by Gasteiger charge is 2.38. The maximum atomic E-state index is 12.1. The number of anilines is 2. The van der Waals surface area contributed by atoms with Crippen LogP contribution in [0.5, 0.6) is 0 Å². The molecule has 8 heteroatoms. The van der Waals surface area contributed by atoms with Crippen LogP contribution in [0.25, 0.3) is 0 Å². The molecule has 126 valence electrons. The van der Waals surface area contributed by atoms with Crippen molar-refractivity contribution in [2.75, 3.05) is 11.1 Å². The van der Waals surface area contributed by atoms with Gasteiger partial charge < -0.3 is 16.4 Å². The van der Waals surface area contributed by atoms with Crippen LogP contribution < -0.4 is 16.4 Å². The molecule has 2 amide bonds. The third-order valence-corrected chi connectivity index (χ3v) is 3.10. The summed E-state index contributed by atoms with van der Waals surface area (Å²) < 4.78 is 36.4. The number of benzene rings is 2. The summed E-state index contributed by atoms with van der Waals surface area (Å²) in [4.78, 5) is 22.7. The summed E-state index contributed by atoms with van der Waals surface area (Å²) in [7, 11) is 0. The van der Waals surface area contributed by atoms with Gasteiger partial charge in [0.25, 0.3) is 5.91 Å². The van der Waals surface area contributed by atoms with Gasteiger partial charge in [0.05, 0.1) is 0 Å². The summed E-state index contributed by atoms with van der Waals surface area (Å²) in [6.07, 6.45) is -4.94. The molecule has 0 aliphatic rings. The quantitative estimate of drug-likeness (QED) is 0.750. The summed E-state index contributed by atoms with van der Waals surface area (Å²) in [5.41, 5.74) is 7.21. The van der Waals surface area contributed by atoms with Crippen molar-refractivity contribution < 1.29 is 22.8 Å². The summed E-state index contributed by atoms with van der Waals surface area (Å²) in [5.74, 6) is -2.34. The molecule has 4 N–H and O–H groups in total. The summed E-state index contributed by atoms with van der Waals surface area (Å²) >= 11 is 0. The number of nitrogens with two attached hydrogens (primary N) is 1.